The van der Waals surface area contributed by atoms with Crippen LogP contribution in [0.5, 0.6) is 5.75 Å². The van der Waals surface area contributed by atoms with Crippen LogP contribution in [0.4, 0.5) is 9.18 Å². The maximum atomic E-state index is 13.6. The van der Waals surface area contributed by atoms with Crippen LogP contribution in [0, 0.1) is 5.82 Å². The van der Waals surface area contributed by atoms with E-state index in [9.17, 15) is 9.18 Å². The van der Waals surface area contributed by atoms with Crippen LogP contribution in [0.3, 0.4) is 0 Å². The number of ether oxygens (including phenoxy) is 2. The number of rotatable bonds is 5. The molecule has 28 heavy (non-hydrogen) atoms. The Labute approximate surface area is 168 Å². The molecule has 1 aromatic carbocycles. The van der Waals surface area contributed by atoms with Gasteiger partial charge in [-0.3, -0.25) is 4.90 Å². The highest BCUT2D eigenvalue weighted by Crippen LogP contribution is 2.34. The minimum Gasteiger partial charge on any atom is -0.496 e. The highest BCUT2D eigenvalue weighted by atomic mass is 19.1. The first kappa shape index (κ1) is 22.5. The molecule has 0 saturated carbocycles. The Kier molecular flexibility index (Phi) is 7.32. The number of nitrogens with zero attached hydrogens (tertiary/aromatic N) is 2. The number of halogens is 1. The SMILES string of the molecule is CC[C@H]1CN(C(C)c2ccc(F)cc2OC)[C@H](CC)CN1C(=O)OC(C)(C)C. The number of methoxy groups -OCH3 is 1. The molecule has 6 heteroatoms. The number of carbonyl (C=O) groups excluding carboxylic acids is 1. The van der Waals surface area contributed by atoms with Gasteiger partial charge in [0.05, 0.1) is 7.11 Å². The van der Waals surface area contributed by atoms with E-state index in [0.717, 1.165) is 24.9 Å². The molecule has 1 unspecified atom stereocenters. The van der Waals surface area contributed by atoms with Crippen molar-refractivity contribution in [3.8, 4) is 5.75 Å². The third kappa shape index (κ3) is 5.16. The van der Waals surface area contributed by atoms with Crippen LogP contribution < -0.4 is 4.74 Å². The highest BCUT2D eigenvalue weighted by Gasteiger charge is 2.39. The van der Waals surface area contributed by atoms with E-state index in [1.165, 1.54) is 12.1 Å². The molecule has 0 aromatic heterocycles. The molecule has 0 radical (unpaired) electrons. The molecular weight excluding hydrogens is 359 g/mol. The average Bonchev–Trinajstić information content (AvgIpc) is 2.64. The van der Waals surface area contributed by atoms with E-state index in [4.69, 9.17) is 9.47 Å². The predicted octanol–water partition coefficient (Wildman–Crippen LogP) is 5.01. The quantitative estimate of drug-likeness (QED) is 0.704. The zero-order valence-corrected chi connectivity index (χ0v) is 18.3. The summed E-state index contributed by atoms with van der Waals surface area (Å²) in [6.07, 6.45) is 1.51. The fourth-order valence-electron chi connectivity index (χ4n) is 3.91. The summed E-state index contributed by atoms with van der Waals surface area (Å²) in [5.74, 6) is 0.256. The summed E-state index contributed by atoms with van der Waals surface area (Å²) in [6.45, 7) is 13.4. The van der Waals surface area contributed by atoms with Gasteiger partial charge >= 0.3 is 6.09 Å². The van der Waals surface area contributed by atoms with Gasteiger partial charge in [-0.05, 0) is 46.6 Å². The Morgan fingerprint density at radius 1 is 1.21 bits per heavy atom. The third-order valence-corrected chi connectivity index (χ3v) is 5.45. The van der Waals surface area contributed by atoms with Crippen molar-refractivity contribution < 1.29 is 18.7 Å². The molecule has 1 amide bonds. The Morgan fingerprint density at radius 2 is 1.86 bits per heavy atom. The van der Waals surface area contributed by atoms with Crippen LogP contribution in [0.1, 0.15) is 66.0 Å². The van der Waals surface area contributed by atoms with Gasteiger partial charge in [0, 0.05) is 42.8 Å². The summed E-state index contributed by atoms with van der Waals surface area (Å²) in [5, 5.41) is 0. The molecule has 5 nitrogen and oxygen atoms in total. The van der Waals surface area contributed by atoms with E-state index in [2.05, 4.69) is 25.7 Å². The highest BCUT2D eigenvalue weighted by molar-refractivity contribution is 5.69. The fraction of sp³-hybridized carbons (Fsp3) is 0.682. The van der Waals surface area contributed by atoms with Gasteiger partial charge in [0.1, 0.15) is 17.2 Å². The van der Waals surface area contributed by atoms with Crippen molar-refractivity contribution in [2.45, 2.75) is 78.1 Å². The number of carbonyl (C=O) groups is 1. The van der Waals surface area contributed by atoms with E-state index in [1.807, 2.05) is 25.7 Å². The minimum absolute atomic E-state index is 0.0512. The van der Waals surface area contributed by atoms with E-state index in [-0.39, 0.29) is 30.0 Å². The molecule has 0 N–H and O–H groups in total. The maximum Gasteiger partial charge on any atom is 0.410 e. The normalized spacial score (nSPS) is 22.1. The van der Waals surface area contributed by atoms with Crippen LogP contribution >= 0.6 is 0 Å². The Balaban J connectivity index is 2.26. The second-order valence-electron chi connectivity index (χ2n) is 8.52. The smallest absolute Gasteiger partial charge is 0.410 e. The number of amides is 1. The Morgan fingerprint density at radius 3 is 2.39 bits per heavy atom. The van der Waals surface area contributed by atoms with E-state index in [0.29, 0.717) is 12.3 Å². The molecule has 1 aromatic rings. The van der Waals surface area contributed by atoms with Gasteiger partial charge in [0.15, 0.2) is 0 Å². The molecule has 1 fully saturated rings. The predicted molar refractivity (Wildman–Crippen MR) is 109 cm³/mol. The van der Waals surface area contributed by atoms with E-state index >= 15 is 0 Å². The topological polar surface area (TPSA) is 42.0 Å². The molecule has 0 bridgehead atoms. The fourth-order valence-corrected chi connectivity index (χ4v) is 3.91. The summed E-state index contributed by atoms with van der Waals surface area (Å²) in [4.78, 5) is 17.0. The summed E-state index contributed by atoms with van der Waals surface area (Å²) >= 11 is 0. The largest absolute Gasteiger partial charge is 0.496 e. The number of benzene rings is 1. The van der Waals surface area contributed by atoms with Gasteiger partial charge in [-0.15, -0.1) is 0 Å². The molecule has 2 rings (SSSR count). The summed E-state index contributed by atoms with van der Waals surface area (Å²) in [6, 6.07) is 5.03. The maximum absolute atomic E-state index is 13.6. The monoisotopic (exact) mass is 394 g/mol. The molecule has 0 spiro atoms. The summed E-state index contributed by atoms with van der Waals surface area (Å²) in [5.41, 5.74) is 0.450. The van der Waals surface area contributed by atoms with Gasteiger partial charge in [-0.2, -0.15) is 0 Å². The third-order valence-electron chi connectivity index (χ3n) is 5.45. The van der Waals surface area contributed by atoms with Crippen LogP contribution in [-0.2, 0) is 4.74 Å². The van der Waals surface area contributed by atoms with E-state index < -0.39 is 5.60 Å². The molecular formula is C22H35FN2O3. The van der Waals surface area contributed by atoms with Gasteiger partial charge in [0.2, 0.25) is 0 Å². The van der Waals surface area contributed by atoms with Crippen molar-refractivity contribution >= 4 is 6.09 Å². The standard InChI is InChI=1S/C22H35FN2O3/c1-8-17-14-25(21(26)28-22(4,5)6)18(9-2)13-24(17)15(3)19-11-10-16(23)12-20(19)27-7/h10-12,15,17-18H,8-9,13-14H2,1-7H3/t15?,17-,18+/m1/s1. The van der Waals surface area contributed by atoms with Crippen molar-refractivity contribution in [1.29, 1.82) is 0 Å². The molecule has 158 valence electrons. The molecule has 1 saturated heterocycles. The van der Waals surface area contributed by atoms with Gasteiger partial charge in [0.25, 0.3) is 0 Å². The van der Waals surface area contributed by atoms with Crippen molar-refractivity contribution in [1.82, 2.24) is 9.80 Å². The van der Waals surface area contributed by atoms with Crippen molar-refractivity contribution in [3.63, 3.8) is 0 Å². The molecule has 1 heterocycles. The minimum atomic E-state index is -0.511. The first-order chi connectivity index (χ1) is 13.1. The average molecular weight is 395 g/mol. The molecule has 3 atom stereocenters. The lowest BCUT2D eigenvalue weighted by Crippen LogP contribution is -2.60. The second-order valence-corrected chi connectivity index (χ2v) is 8.52. The van der Waals surface area contributed by atoms with Gasteiger partial charge in [-0.25, -0.2) is 9.18 Å². The van der Waals surface area contributed by atoms with Gasteiger partial charge in [-0.1, -0.05) is 19.9 Å². The number of hydrogen-bond donors (Lipinski definition) is 0. The molecule has 0 aliphatic carbocycles. The lowest BCUT2D eigenvalue weighted by Gasteiger charge is -2.48. The van der Waals surface area contributed by atoms with Crippen molar-refractivity contribution in [2.24, 2.45) is 0 Å². The van der Waals surface area contributed by atoms with Crippen LogP contribution in [0.15, 0.2) is 18.2 Å². The number of hydrogen-bond acceptors (Lipinski definition) is 4. The Hall–Kier alpha value is -1.82. The van der Waals surface area contributed by atoms with E-state index in [1.54, 1.807) is 13.2 Å². The second kappa shape index (κ2) is 9.12. The van der Waals surface area contributed by atoms with Crippen molar-refractivity contribution in [2.75, 3.05) is 20.2 Å². The van der Waals surface area contributed by atoms with Crippen LogP contribution in [0.25, 0.3) is 0 Å². The Bertz CT molecular complexity index is 674. The zero-order chi connectivity index (χ0) is 21.1. The molecule has 1 aliphatic heterocycles. The van der Waals surface area contributed by atoms with Crippen LogP contribution in [-0.4, -0.2) is 53.8 Å². The van der Waals surface area contributed by atoms with Crippen LogP contribution in [0.2, 0.25) is 0 Å². The summed E-state index contributed by atoms with van der Waals surface area (Å²) < 4.78 is 24.7. The van der Waals surface area contributed by atoms with Gasteiger partial charge < -0.3 is 14.4 Å². The van der Waals surface area contributed by atoms with Crippen molar-refractivity contribution in [3.05, 3.63) is 29.6 Å². The summed E-state index contributed by atoms with van der Waals surface area (Å²) in [7, 11) is 1.57. The number of piperazine rings is 1. The first-order valence-electron chi connectivity index (χ1n) is 10.2. The zero-order valence-electron chi connectivity index (χ0n) is 18.3. The lowest BCUT2D eigenvalue weighted by atomic mass is 9.97. The first-order valence-corrected chi connectivity index (χ1v) is 10.2. The lowest BCUT2D eigenvalue weighted by molar-refractivity contribution is -0.0270. The molecule has 1 aliphatic rings.